The van der Waals surface area contributed by atoms with Crippen molar-refractivity contribution in [1.29, 1.82) is 0 Å². The van der Waals surface area contributed by atoms with E-state index >= 15 is 0 Å². The van der Waals surface area contributed by atoms with Gasteiger partial charge in [0.2, 0.25) is 0 Å². The van der Waals surface area contributed by atoms with Gasteiger partial charge in [-0.1, -0.05) is 6.07 Å². The van der Waals surface area contributed by atoms with Crippen molar-refractivity contribution in [2.24, 2.45) is 0 Å². The summed E-state index contributed by atoms with van der Waals surface area (Å²) in [6.07, 6.45) is 10.2. The first-order valence-electron chi connectivity index (χ1n) is 5.48. The second kappa shape index (κ2) is 4.35. The predicted molar refractivity (Wildman–Crippen MR) is 60.8 cm³/mol. The number of aromatic nitrogens is 1. The fourth-order valence-corrected chi connectivity index (χ4v) is 2.22. The highest BCUT2D eigenvalue weighted by Gasteiger charge is 2.14. The van der Waals surface area contributed by atoms with Crippen LogP contribution in [-0.2, 0) is 19.4 Å². The zero-order chi connectivity index (χ0) is 10.7. The molecule has 2 rings (SSSR count). The lowest BCUT2D eigenvalue weighted by molar-refractivity contribution is 0.607. The summed E-state index contributed by atoms with van der Waals surface area (Å²) >= 11 is 0. The maximum atomic E-state index is 11.7. The van der Waals surface area contributed by atoms with Gasteiger partial charge in [-0.3, -0.25) is 4.79 Å². The summed E-state index contributed by atoms with van der Waals surface area (Å²) in [6, 6.07) is 3.66. The Morgan fingerprint density at radius 1 is 1.40 bits per heavy atom. The fraction of sp³-hybridized carbons (Fsp3) is 0.462. The monoisotopic (exact) mass is 201 g/mol. The lowest BCUT2D eigenvalue weighted by Crippen LogP contribution is -2.22. The smallest absolute Gasteiger partial charge is 0.250 e. The summed E-state index contributed by atoms with van der Waals surface area (Å²) in [6.45, 7) is 0.770. The molecule has 15 heavy (non-hydrogen) atoms. The van der Waals surface area contributed by atoms with E-state index in [9.17, 15) is 4.79 Å². The second-order valence-electron chi connectivity index (χ2n) is 3.96. The maximum absolute atomic E-state index is 11.7. The highest BCUT2D eigenvalue weighted by molar-refractivity contribution is 5.25. The molecular weight excluding hydrogens is 186 g/mol. The van der Waals surface area contributed by atoms with E-state index in [4.69, 9.17) is 6.42 Å². The molecule has 0 aliphatic heterocycles. The molecule has 0 N–H and O–H groups in total. The van der Waals surface area contributed by atoms with Crippen molar-refractivity contribution >= 4 is 0 Å². The molecule has 0 bridgehead atoms. The Morgan fingerprint density at radius 2 is 2.27 bits per heavy atom. The molecule has 1 aliphatic carbocycles. The van der Waals surface area contributed by atoms with Gasteiger partial charge in [-0.15, -0.1) is 12.3 Å². The predicted octanol–water partition coefficient (Wildman–Crippen LogP) is 1.75. The third kappa shape index (κ3) is 1.97. The van der Waals surface area contributed by atoms with Gasteiger partial charge in [0.1, 0.15) is 0 Å². The number of hydrogen-bond acceptors (Lipinski definition) is 1. The molecule has 0 spiro atoms. The largest absolute Gasteiger partial charge is 0.312 e. The van der Waals surface area contributed by atoms with Crippen molar-refractivity contribution in [2.45, 2.75) is 38.6 Å². The van der Waals surface area contributed by atoms with Crippen molar-refractivity contribution in [3.8, 4) is 12.3 Å². The van der Waals surface area contributed by atoms with Crippen LogP contribution in [0.3, 0.4) is 0 Å². The van der Waals surface area contributed by atoms with Crippen LogP contribution in [0.5, 0.6) is 0 Å². The molecule has 1 aliphatic rings. The van der Waals surface area contributed by atoms with Gasteiger partial charge in [0.25, 0.3) is 5.56 Å². The Morgan fingerprint density at radius 3 is 3.07 bits per heavy atom. The average molecular weight is 201 g/mol. The Labute approximate surface area is 89.9 Å². The Bertz CT molecular complexity index is 451. The number of fused-ring (bicyclic) bond motifs is 1. The van der Waals surface area contributed by atoms with E-state index in [0.717, 1.165) is 32.2 Å². The number of hydrogen-bond donors (Lipinski definition) is 0. The third-order valence-electron chi connectivity index (χ3n) is 2.95. The minimum atomic E-state index is 0.118. The normalized spacial score (nSPS) is 13.5. The second-order valence-corrected chi connectivity index (χ2v) is 3.96. The summed E-state index contributed by atoms with van der Waals surface area (Å²) in [7, 11) is 0. The van der Waals surface area contributed by atoms with E-state index in [1.807, 2.05) is 10.6 Å². The van der Waals surface area contributed by atoms with E-state index in [-0.39, 0.29) is 5.56 Å². The van der Waals surface area contributed by atoms with Crippen LogP contribution in [-0.4, -0.2) is 4.57 Å². The van der Waals surface area contributed by atoms with Crippen LogP contribution in [0.15, 0.2) is 16.9 Å². The number of unbranched alkanes of at least 4 members (excludes halogenated alkanes) is 1. The standard InChI is InChI=1S/C13H15NO/c1-2-3-4-10-14-12-7-5-6-11(12)8-9-13(14)15/h1,8-9H,3-7,10H2. The molecule has 0 radical (unpaired) electrons. The molecule has 1 heterocycles. The van der Waals surface area contributed by atoms with Crippen LogP contribution in [0.25, 0.3) is 0 Å². The van der Waals surface area contributed by atoms with Crippen LogP contribution in [0, 0.1) is 12.3 Å². The molecular formula is C13H15NO. The molecule has 78 valence electrons. The summed E-state index contributed by atoms with van der Waals surface area (Å²) in [5.74, 6) is 2.61. The molecule has 0 saturated carbocycles. The number of rotatable bonds is 3. The van der Waals surface area contributed by atoms with Crippen LogP contribution < -0.4 is 5.56 Å². The molecule has 0 aromatic carbocycles. The maximum Gasteiger partial charge on any atom is 0.250 e. The van der Waals surface area contributed by atoms with E-state index in [1.54, 1.807) is 6.07 Å². The van der Waals surface area contributed by atoms with Crippen LogP contribution >= 0.6 is 0 Å². The highest BCUT2D eigenvalue weighted by Crippen LogP contribution is 2.19. The van der Waals surface area contributed by atoms with Gasteiger partial charge in [0, 0.05) is 24.7 Å². The van der Waals surface area contributed by atoms with Gasteiger partial charge in [0.15, 0.2) is 0 Å². The SMILES string of the molecule is C#CCCCn1c2c(ccc1=O)CCC2. The lowest BCUT2D eigenvalue weighted by atomic mass is 10.2. The van der Waals surface area contributed by atoms with E-state index in [2.05, 4.69) is 5.92 Å². The Balaban J connectivity index is 2.26. The quantitative estimate of drug-likeness (QED) is 0.539. The van der Waals surface area contributed by atoms with Crippen LogP contribution in [0.2, 0.25) is 0 Å². The molecule has 0 amide bonds. The van der Waals surface area contributed by atoms with Crippen molar-refractivity contribution in [2.75, 3.05) is 0 Å². The molecule has 1 aromatic heterocycles. The molecule has 0 unspecified atom stereocenters. The average Bonchev–Trinajstić information content (AvgIpc) is 2.69. The Kier molecular flexibility index (Phi) is 2.91. The molecule has 1 aromatic rings. The fourth-order valence-electron chi connectivity index (χ4n) is 2.22. The van der Waals surface area contributed by atoms with Crippen molar-refractivity contribution in [1.82, 2.24) is 4.57 Å². The van der Waals surface area contributed by atoms with Gasteiger partial charge >= 0.3 is 0 Å². The zero-order valence-corrected chi connectivity index (χ0v) is 8.83. The van der Waals surface area contributed by atoms with Crippen LogP contribution in [0.1, 0.15) is 30.5 Å². The molecule has 0 saturated heterocycles. The van der Waals surface area contributed by atoms with Gasteiger partial charge in [-0.05, 0) is 31.2 Å². The zero-order valence-electron chi connectivity index (χ0n) is 8.83. The van der Waals surface area contributed by atoms with Crippen molar-refractivity contribution in [3.63, 3.8) is 0 Å². The lowest BCUT2D eigenvalue weighted by Gasteiger charge is -2.10. The summed E-state index contributed by atoms with van der Waals surface area (Å²) in [5.41, 5.74) is 2.70. The van der Waals surface area contributed by atoms with Gasteiger partial charge in [-0.25, -0.2) is 0 Å². The number of terminal acetylenes is 1. The van der Waals surface area contributed by atoms with E-state index in [1.165, 1.54) is 17.7 Å². The minimum absolute atomic E-state index is 0.118. The van der Waals surface area contributed by atoms with E-state index in [0.29, 0.717) is 0 Å². The minimum Gasteiger partial charge on any atom is -0.312 e. The molecule has 2 nitrogen and oxygen atoms in total. The Hall–Kier alpha value is -1.49. The number of aryl methyl sites for hydroxylation is 1. The molecule has 0 fully saturated rings. The first-order chi connectivity index (χ1) is 7.33. The first-order valence-corrected chi connectivity index (χ1v) is 5.48. The highest BCUT2D eigenvalue weighted by atomic mass is 16.1. The van der Waals surface area contributed by atoms with Crippen molar-refractivity contribution < 1.29 is 0 Å². The molecule has 0 atom stereocenters. The van der Waals surface area contributed by atoms with Gasteiger partial charge in [-0.2, -0.15) is 0 Å². The van der Waals surface area contributed by atoms with Crippen molar-refractivity contribution in [3.05, 3.63) is 33.7 Å². The third-order valence-corrected chi connectivity index (χ3v) is 2.95. The summed E-state index contributed by atoms with van der Waals surface area (Å²) in [5, 5.41) is 0. The van der Waals surface area contributed by atoms with E-state index < -0.39 is 0 Å². The number of pyridine rings is 1. The van der Waals surface area contributed by atoms with Crippen LogP contribution in [0.4, 0.5) is 0 Å². The van der Waals surface area contributed by atoms with Gasteiger partial charge < -0.3 is 4.57 Å². The van der Waals surface area contributed by atoms with Gasteiger partial charge in [0.05, 0.1) is 0 Å². The molecule has 2 heteroatoms. The number of nitrogens with zero attached hydrogens (tertiary/aromatic N) is 1. The first kappa shape index (κ1) is 10.0. The summed E-state index contributed by atoms with van der Waals surface area (Å²) in [4.78, 5) is 11.7. The topological polar surface area (TPSA) is 22.0 Å². The summed E-state index contributed by atoms with van der Waals surface area (Å²) < 4.78 is 1.90.